The van der Waals surface area contributed by atoms with Crippen molar-refractivity contribution in [3.8, 4) is 0 Å². The molecule has 1 fully saturated rings. The number of hydrogen-bond donors (Lipinski definition) is 1. The smallest absolute Gasteiger partial charge is 0.294 e. The van der Waals surface area contributed by atoms with E-state index in [2.05, 4.69) is 10.3 Å². The van der Waals surface area contributed by atoms with Crippen molar-refractivity contribution in [3.05, 3.63) is 69.9 Å². The zero-order valence-corrected chi connectivity index (χ0v) is 19.7. The van der Waals surface area contributed by atoms with Gasteiger partial charge in [0, 0.05) is 42.8 Å². The van der Waals surface area contributed by atoms with Crippen molar-refractivity contribution in [2.75, 3.05) is 38.5 Å². The van der Waals surface area contributed by atoms with Crippen LogP contribution in [0.3, 0.4) is 0 Å². The molecule has 2 aromatic carbocycles. The summed E-state index contributed by atoms with van der Waals surface area (Å²) in [5, 5.41) is 15.2. The summed E-state index contributed by atoms with van der Waals surface area (Å²) < 4.78 is 27.6. The monoisotopic (exact) mass is 483 g/mol. The average molecular weight is 484 g/mol. The molecular weight excluding hydrogens is 458 g/mol. The highest BCUT2D eigenvalue weighted by Crippen LogP contribution is 2.30. The van der Waals surface area contributed by atoms with Crippen LogP contribution < -0.4 is 5.32 Å². The lowest BCUT2D eigenvalue weighted by Crippen LogP contribution is -2.34. The number of anilines is 1. The third-order valence-electron chi connectivity index (χ3n) is 5.92. The second-order valence-corrected chi connectivity index (χ2v) is 10.3. The van der Waals surface area contributed by atoms with E-state index in [9.17, 15) is 23.3 Å². The van der Waals surface area contributed by atoms with E-state index in [0.29, 0.717) is 42.7 Å². The molecule has 0 atom stereocenters. The van der Waals surface area contributed by atoms with Crippen molar-refractivity contribution in [3.63, 3.8) is 0 Å². The molecule has 0 spiro atoms. The van der Waals surface area contributed by atoms with E-state index >= 15 is 0 Å². The van der Waals surface area contributed by atoms with Gasteiger partial charge in [-0.3, -0.25) is 19.9 Å². The highest BCUT2D eigenvalue weighted by atomic mass is 32.2. The van der Waals surface area contributed by atoms with Crippen molar-refractivity contribution in [1.29, 1.82) is 0 Å². The van der Waals surface area contributed by atoms with Gasteiger partial charge in [0.1, 0.15) is 5.69 Å². The van der Waals surface area contributed by atoms with Crippen LogP contribution in [0.5, 0.6) is 0 Å². The number of nitrogens with one attached hydrogen (secondary N) is 1. The van der Waals surface area contributed by atoms with E-state index in [-0.39, 0.29) is 10.6 Å². The second kappa shape index (κ2) is 9.45. The van der Waals surface area contributed by atoms with Gasteiger partial charge in [0.05, 0.1) is 15.3 Å². The number of likely N-dealkylation sites (N-methyl/N-ethyl adjacent to an activating group) is 1. The molecule has 34 heavy (non-hydrogen) atoms. The van der Waals surface area contributed by atoms with E-state index in [1.165, 1.54) is 16.4 Å². The molecule has 1 N–H and O–H groups in total. The van der Waals surface area contributed by atoms with Gasteiger partial charge in [0.15, 0.2) is 0 Å². The Labute approximate surface area is 197 Å². The largest absolute Gasteiger partial charge is 0.316 e. The minimum absolute atomic E-state index is 0.0786. The van der Waals surface area contributed by atoms with Gasteiger partial charge in [0.25, 0.3) is 11.6 Å². The molecule has 1 aliphatic rings. The molecule has 3 aromatic rings. The van der Waals surface area contributed by atoms with Gasteiger partial charge in [-0.1, -0.05) is 6.07 Å². The van der Waals surface area contributed by atoms with Crippen molar-refractivity contribution in [2.45, 2.75) is 18.2 Å². The Kier molecular flexibility index (Phi) is 6.60. The number of aromatic nitrogens is 1. The molecule has 1 aromatic heterocycles. The number of sulfonamides is 1. The minimum Gasteiger partial charge on any atom is -0.316 e. The van der Waals surface area contributed by atoms with Gasteiger partial charge in [0.2, 0.25) is 10.0 Å². The van der Waals surface area contributed by atoms with Crippen LogP contribution in [0.25, 0.3) is 10.9 Å². The normalized spacial score (nSPS) is 15.7. The molecule has 2 heterocycles. The molecular formula is C23H25N5O5S. The zero-order valence-electron chi connectivity index (χ0n) is 18.9. The standard InChI is InChI=1S/C23H25N5O5S/c1-16-13-17-5-3-8-24-21(17)15-19(16)23(29)25-20-7-6-18(14-22(20)28(30)31)34(32,33)27-10-4-9-26(2)11-12-27/h3,5-8,13-15H,4,9-12H2,1-2H3,(H,25,29). The van der Waals surface area contributed by atoms with Crippen LogP contribution in [-0.2, 0) is 10.0 Å². The Morgan fingerprint density at radius 3 is 2.68 bits per heavy atom. The summed E-state index contributed by atoms with van der Waals surface area (Å²) in [5.74, 6) is -0.542. The lowest BCUT2D eigenvalue weighted by molar-refractivity contribution is -0.384. The minimum atomic E-state index is -3.91. The summed E-state index contributed by atoms with van der Waals surface area (Å²) in [6, 6.07) is 10.7. The number of nitro groups is 1. The lowest BCUT2D eigenvalue weighted by Gasteiger charge is -2.20. The molecule has 10 nitrogen and oxygen atoms in total. The van der Waals surface area contributed by atoms with Crippen LogP contribution in [0.1, 0.15) is 22.3 Å². The van der Waals surface area contributed by atoms with Crippen LogP contribution in [0, 0.1) is 17.0 Å². The van der Waals surface area contributed by atoms with Gasteiger partial charge in [-0.2, -0.15) is 4.31 Å². The Morgan fingerprint density at radius 2 is 1.91 bits per heavy atom. The predicted molar refractivity (Wildman–Crippen MR) is 128 cm³/mol. The molecule has 178 valence electrons. The van der Waals surface area contributed by atoms with E-state index in [0.717, 1.165) is 18.0 Å². The third-order valence-corrected chi connectivity index (χ3v) is 7.82. The summed E-state index contributed by atoms with van der Waals surface area (Å²) in [6.07, 6.45) is 2.29. The van der Waals surface area contributed by atoms with Crippen molar-refractivity contribution in [1.82, 2.24) is 14.2 Å². The predicted octanol–water partition coefficient (Wildman–Crippen LogP) is 3.03. The Hall–Kier alpha value is -3.41. The van der Waals surface area contributed by atoms with Gasteiger partial charge in [-0.15, -0.1) is 0 Å². The number of hydrogen-bond acceptors (Lipinski definition) is 7. The molecule has 0 aliphatic carbocycles. The maximum absolute atomic E-state index is 13.1. The van der Waals surface area contributed by atoms with Crippen molar-refractivity contribution >= 4 is 38.2 Å². The fourth-order valence-electron chi connectivity index (χ4n) is 4.01. The summed E-state index contributed by atoms with van der Waals surface area (Å²) in [5.41, 5.74) is 1.07. The Bertz CT molecular complexity index is 1380. The number of nitrogens with zero attached hydrogens (tertiary/aromatic N) is 4. The number of rotatable bonds is 5. The average Bonchev–Trinajstić information content (AvgIpc) is 3.03. The highest BCUT2D eigenvalue weighted by Gasteiger charge is 2.29. The van der Waals surface area contributed by atoms with Crippen molar-refractivity contribution < 1.29 is 18.1 Å². The summed E-state index contributed by atoms with van der Waals surface area (Å²) in [4.78, 5) is 30.1. The number of amides is 1. The third kappa shape index (κ3) is 4.76. The number of pyridine rings is 1. The molecule has 1 saturated heterocycles. The number of carbonyl (C=O) groups is 1. The Morgan fingerprint density at radius 1 is 1.12 bits per heavy atom. The first-order valence-corrected chi connectivity index (χ1v) is 12.2. The topological polar surface area (TPSA) is 126 Å². The number of fused-ring (bicyclic) bond motifs is 1. The molecule has 0 saturated carbocycles. The highest BCUT2D eigenvalue weighted by molar-refractivity contribution is 7.89. The van der Waals surface area contributed by atoms with Crippen LogP contribution >= 0.6 is 0 Å². The van der Waals surface area contributed by atoms with E-state index in [1.807, 2.05) is 24.1 Å². The number of carbonyl (C=O) groups excluding carboxylic acids is 1. The summed E-state index contributed by atoms with van der Waals surface area (Å²) >= 11 is 0. The summed E-state index contributed by atoms with van der Waals surface area (Å²) in [6.45, 7) is 3.77. The SMILES string of the molecule is Cc1cc2cccnc2cc1C(=O)Nc1ccc(S(=O)(=O)N2CCCN(C)CC2)cc1[N+](=O)[O-]. The van der Waals surface area contributed by atoms with E-state index in [1.54, 1.807) is 25.3 Å². The van der Waals surface area contributed by atoms with E-state index in [4.69, 9.17) is 0 Å². The maximum atomic E-state index is 13.1. The number of aryl methyl sites for hydroxylation is 1. The van der Waals surface area contributed by atoms with Crippen LogP contribution in [-0.4, -0.2) is 66.7 Å². The van der Waals surface area contributed by atoms with Crippen molar-refractivity contribution in [2.24, 2.45) is 0 Å². The second-order valence-electron chi connectivity index (χ2n) is 8.31. The van der Waals surface area contributed by atoms with Crippen LogP contribution in [0.2, 0.25) is 0 Å². The Balaban J connectivity index is 1.64. The molecule has 0 unspecified atom stereocenters. The first-order chi connectivity index (χ1) is 16.2. The molecule has 0 radical (unpaired) electrons. The van der Waals surface area contributed by atoms with E-state index < -0.39 is 26.5 Å². The molecule has 11 heteroatoms. The fourth-order valence-corrected chi connectivity index (χ4v) is 5.50. The van der Waals surface area contributed by atoms with Gasteiger partial charge >= 0.3 is 0 Å². The molecule has 1 amide bonds. The lowest BCUT2D eigenvalue weighted by atomic mass is 10.0. The fraction of sp³-hybridized carbons (Fsp3) is 0.304. The van der Waals surface area contributed by atoms with Crippen LogP contribution in [0.15, 0.2) is 53.6 Å². The first-order valence-electron chi connectivity index (χ1n) is 10.8. The zero-order chi connectivity index (χ0) is 24.5. The van der Waals surface area contributed by atoms with Gasteiger partial charge in [-0.05, 0) is 62.8 Å². The number of benzene rings is 2. The number of nitro benzene ring substituents is 1. The quantitative estimate of drug-likeness (QED) is 0.437. The first kappa shape index (κ1) is 23.7. The molecule has 4 rings (SSSR count). The van der Waals surface area contributed by atoms with Crippen LogP contribution in [0.4, 0.5) is 11.4 Å². The van der Waals surface area contributed by atoms with Gasteiger partial charge < -0.3 is 10.2 Å². The maximum Gasteiger partial charge on any atom is 0.294 e. The van der Waals surface area contributed by atoms with Gasteiger partial charge in [-0.25, -0.2) is 8.42 Å². The molecule has 0 bridgehead atoms. The molecule has 1 aliphatic heterocycles. The summed E-state index contributed by atoms with van der Waals surface area (Å²) in [7, 11) is -1.99.